The van der Waals surface area contributed by atoms with E-state index in [9.17, 15) is 23.1 Å². The van der Waals surface area contributed by atoms with Crippen molar-refractivity contribution in [2.45, 2.75) is 70.3 Å². The van der Waals surface area contributed by atoms with Crippen molar-refractivity contribution in [3.05, 3.63) is 35.4 Å². The largest absolute Gasteiger partial charge is 0.390 e. The first kappa shape index (κ1) is 21.0. The molecule has 6 nitrogen and oxygen atoms in total. The fourth-order valence-electron chi connectivity index (χ4n) is 3.89. The molecule has 5 atom stereocenters. The molecule has 0 aromatic heterocycles. The van der Waals surface area contributed by atoms with Crippen molar-refractivity contribution in [1.82, 2.24) is 21.1 Å². The molecule has 2 aliphatic heterocycles. The Kier molecular flexibility index (Phi) is 5.48. The van der Waals surface area contributed by atoms with Gasteiger partial charge < -0.3 is 10.4 Å². The molecule has 1 aromatic rings. The Bertz CT molecular complexity index is 717. The lowest BCUT2D eigenvalue weighted by molar-refractivity contribution is -0.147. The van der Waals surface area contributed by atoms with Crippen molar-refractivity contribution in [1.29, 1.82) is 0 Å². The molecule has 2 fully saturated rings. The Morgan fingerprint density at radius 2 is 1.79 bits per heavy atom. The number of aliphatic hydroxyl groups excluding tert-OH is 1. The quantitative estimate of drug-likeness (QED) is 0.626. The van der Waals surface area contributed by atoms with E-state index in [0.29, 0.717) is 0 Å². The van der Waals surface area contributed by atoms with Gasteiger partial charge in [-0.15, -0.1) is 0 Å². The molecule has 0 bridgehead atoms. The molecule has 0 spiro atoms. The molecule has 9 heteroatoms. The highest BCUT2D eigenvalue weighted by Gasteiger charge is 2.53. The fourth-order valence-corrected chi connectivity index (χ4v) is 3.89. The van der Waals surface area contributed by atoms with Crippen LogP contribution >= 0.6 is 0 Å². The van der Waals surface area contributed by atoms with E-state index in [1.54, 1.807) is 5.01 Å². The summed E-state index contributed by atoms with van der Waals surface area (Å²) in [6.07, 6.45) is -7.61. The monoisotopic (exact) mass is 400 g/mol. The second-order valence-electron chi connectivity index (χ2n) is 8.56. The molecule has 0 aliphatic carbocycles. The Morgan fingerprint density at radius 1 is 1.18 bits per heavy atom. The number of carbonyl (C=O) groups is 1. The Morgan fingerprint density at radius 3 is 2.32 bits per heavy atom. The van der Waals surface area contributed by atoms with Gasteiger partial charge in [0.05, 0.1) is 18.5 Å². The van der Waals surface area contributed by atoms with Gasteiger partial charge in [0.25, 0.3) is 0 Å². The number of aliphatic hydroxyl groups is 1. The minimum absolute atomic E-state index is 0.0102. The van der Waals surface area contributed by atoms with Gasteiger partial charge in [0.1, 0.15) is 0 Å². The molecule has 3 rings (SSSR count). The van der Waals surface area contributed by atoms with Gasteiger partial charge in [-0.1, -0.05) is 45.0 Å². The van der Waals surface area contributed by atoms with E-state index in [1.807, 2.05) is 31.2 Å². The third kappa shape index (κ3) is 4.32. The van der Waals surface area contributed by atoms with Crippen LogP contribution in [0, 0.1) is 5.92 Å². The average Bonchev–Trinajstić information content (AvgIpc) is 2.90. The number of carbonyl (C=O) groups excluding carboxylic acids is 1. The number of hydrogen-bond donors (Lipinski definition) is 4. The van der Waals surface area contributed by atoms with E-state index in [4.69, 9.17) is 0 Å². The number of amides is 1. The van der Waals surface area contributed by atoms with Crippen molar-refractivity contribution in [3.63, 3.8) is 0 Å². The highest BCUT2D eigenvalue weighted by Crippen LogP contribution is 2.36. The first-order valence-electron chi connectivity index (χ1n) is 9.33. The van der Waals surface area contributed by atoms with E-state index in [1.165, 1.54) is 0 Å². The zero-order chi connectivity index (χ0) is 20.9. The van der Waals surface area contributed by atoms with Gasteiger partial charge >= 0.3 is 6.18 Å². The van der Waals surface area contributed by atoms with Crippen LogP contribution < -0.4 is 16.1 Å². The lowest BCUT2D eigenvalue weighted by Gasteiger charge is -2.37. The number of hydrazine groups is 1. The van der Waals surface area contributed by atoms with Crippen LogP contribution in [-0.2, 0) is 10.2 Å². The van der Waals surface area contributed by atoms with Gasteiger partial charge in [-0.25, -0.2) is 10.4 Å². The smallest absolute Gasteiger partial charge is 0.361 e. The molecular weight excluding hydrogens is 373 g/mol. The maximum atomic E-state index is 13.0. The minimum atomic E-state index is -4.41. The van der Waals surface area contributed by atoms with Gasteiger partial charge in [-0.2, -0.15) is 13.2 Å². The number of rotatable bonds is 3. The van der Waals surface area contributed by atoms with Gasteiger partial charge in [0.2, 0.25) is 5.91 Å². The molecule has 2 heterocycles. The van der Waals surface area contributed by atoms with E-state index in [2.05, 4.69) is 36.8 Å². The summed E-state index contributed by atoms with van der Waals surface area (Å²) in [6.45, 7) is 8.16. The molecule has 0 saturated carbocycles. The van der Waals surface area contributed by atoms with Crippen molar-refractivity contribution in [2.24, 2.45) is 5.92 Å². The average molecular weight is 400 g/mol. The number of nitrogens with zero attached hydrogens (tertiary/aromatic N) is 1. The molecule has 1 aromatic carbocycles. The van der Waals surface area contributed by atoms with Gasteiger partial charge in [0, 0.05) is 12.1 Å². The second kappa shape index (κ2) is 7.29. The molecule has 2 saturated heterocycles. The highest BCUT2D eigenvalue weighted by molar-refractivity contribution is 5.81. The van der Waals surface area contributed by atoms with Crippen LogP contribution in [0.25, 0.3) is 0 Å². The summed E-state index contributed by atoms with van der Waals surface area (Å²) in [5.41, 5.74) is 4.90. The van der Waals surface area contributed by atoms with Crippen LogP contribution in [-0.4, -0.2) is 40.8 Å². The van der Waals surface area contributed by atoms with E-state index >= 15 is 0 Å². The van der Waals surface area contributed by atoms with Crippen LogP contribution in [0.5, 0.6) is 0 Å². The number of alkyl halides is 3. The van der Waals surface area contributed by atoms with Gasteiger partial charge in [0.15, 0.2) is 6.35 Å². The molecular formula is C19H27F3N4O2. The summed E-state index contributed by atoms with van der Waals surface area (Å²) >= 11 is 0. The Labute approximate surface area is 162 Å². The fraction of sp³-hybridized carbons (Fsp3) is 0.632. The summed E-state index contributed by atoms with van der Waals surface area (Å²) in [5, 5.41) is 16.5. The molecule has 1 amide bonds. The van der Waals surface area contributed by atoms with Crippen molar-refractivity contribution < 1.29 is 23.1 Å². The SMILES string of the molecule is CC(c1ccc(C(C)(C)C)cc1)N1NC(CC(F)(F)F)C2C(=O)NC(O)NC21. The molecule has 5 unspecified atom stereocenters. The first-order chi connectivity index (χ1) is 12.9. The topological polar surface area (TPSA) is 76.6 Å². The summed E-state index contributed by atoms with van der Waals surface area (Å²) in [5.74, 6) is -1.57. The van der Waals surface area contributed by atoms with Crippen LogP contribution in [0.4, 0.5) is 13.2 Å². The number of nitrogens with one attached hydrogen (secondary N) is 3. The molecule has 2 aliphatic rings. The number of hydrogen-bond acceptors (Lipinski definition) is 5. The third-order valence-electron chi connectivity index (χ3n) is 5.43. The molecule has 156 valence electrons. The van der Waals surface area contributed by atoms with E-state index < -0.39 is 43.0 Å². The lowest BCUT2D eigenvalue weighted by atomic mass is 9.86. The van der Waals surface area contributed by atoms with Crippen LogP contribution in [0.2, 0.25) is 0 Å². The lowest BCUT2D eigenvalue weighted by Crippen LogP contribution is -2.64. The molecule has 28 heavy (non-hydrogen) atoms. The summed E-state index contributed by atoms with van der Waals surface area (Å²) in [7, 11) is 0. The zero-order valence-electron chi connectivity index (χ0n) is 16.3. The van der Waals surface area contributed by atoms with E-state index in [-0.39, 0.29) is 11.5 Å². The number of fused-ring (bicyclic) bond motifs is 1. The predicted octanol–water partition coefficient (Wildman–Crippen LogP) is 2.12. The normalized spacial score (nSPS) is 30.1. The maximum Gasteiger partial charge on any atom is 0.390 e. The standard InChI is InChI=1S/C19H27F3N4O2/c1-10(11-5-7-12(8-6-11)18(2,3)4)26-15-14(16(27)24-17(28)23-15)13(25-26)9-19(20,21)22/h5-8,10,13-15,17,23,25,28H,9H2,1-4H3,(H,24,27). The Hall–Kier alpha value is -1.68. The number of benzene rings is 1. The third-order valence-corrected chi connectivity index (χ3v) is 5.43. The maximum absolute atomic E-state index is 13.0. The summed E-state index contributed by atoms with van der Waals surface area (Å²) in [6, 6.07) is 6.47. The second-order valence-corrected chi connectivity index (χ2v) is 8.56. The van der Waals surface area contributed by atoms with Crippen molar-refractivity contribution >= 4 is 5.91 Å². The molecule has 4 N–H and O–H groups in total. The number of halogens is 3. The predicted molar refractivity (Wildman–Crippen MR) is 97.6 cm³/mol. The van der Waals surface area contributed by atoms with E-state index in [0.717, 1.165) is 11.1 Å². The summed E-state index contributed by atoms with van der Waals surface area (Å²) < 4.78 is 39.1. The minimum Gasteiger partial charge on any atom is -0.361 e. The van der Waals surface area contributed by atoms with Crippen LogP contribution in [0.3, 0.4) is 0 Å². The van der Waals surface area contributed by atoms with Crippen LogP contribution in [0.1, 0.15) is 51.3 Å². The van der Waals surface area contributed by atoms with Gasteiger partial charge in [-0.3, -0.25) is 10.1 Å². The van der Waals surface area contributed by atoms with Crippen molar-refractivity contribution in [3.8, 4) is 0 Å². The van der Waals surface area contributed by atoms with Crippen LogP contribution in [0.15, 0.2) is 24.3 Å². The zero-order valence-corrected chi connectivity index (χ0v) is 16.3. The van der Waals surface area contributed by atoms with Crippen molar-refractivity contribution in [2.75, 3.05) is 0 Å². The van der Waals surface area contributed by atoms with Gasteiger partial charge in [-0.05, 0) is 23.5 Å². The highest BCUT2D eigenvalue weighted by atomic mass is 19.4. The Balaban J connectivity index is 1.86. The molecule has 0 radical (unpaired) electrons. The summed E-state index contributed by atoms with van der Waals surface area (Å²) in [4.78, 5) is 12.3. The first-order valence-corrected chi connectivity index (χ1v) is 9.33.